The maximum absolute atomic E-state index is 14.8. The highest BCUT2D eigenvalue weighted by molar-refractivity contribution is 7.89. The Kier molecular flexibility index (Phi) is 6.50. The van der Waals surface area contributed by atoms with Gasteiger partial charge in [-0.1, -0.05) is 37.3 Å². The molecule has 140 valence electrons. The number of nitrogens with one attached hydrogen (secondary N) is 2. The van der Waals surface area contributed by atoms with Crippen LogP contribution in [0.1, 0.15) is 36.2 Å². The first-order valence-corrected chi connectivity index (χ1v) is 10.0. The van der Waals surface area contributed by atoms with Gasteiger partial charge in [-0.2, -0.15) is 0 Å². The van der Waals surface area contributed by atoms with Crippen molar-refractivity contribution in [3.8, 4) is 0 Å². The number of anilines is 1. The summed E-state index contributed by atoms with van der Waals surface area (Å²) in [6.07, 6.45) is 0.466. The molecular weight excluding hydrogens is 355 g/mol. The highest BCUT2D eigenvalue weighted by atomic mass is 32.2. The van der Waals surface area contributed by atoms with Crippen LogP contribution >= 0.6 is 0 Å². The van der Waals surface area contributed by atoms with Crippen LogP contribution in [0.25, 0.3) is 0 Å². The fourth-order valence-corrected chi connectivity index (χ4v) is 3.56. The highest BCUT2D eigenvalue weighted by Crippen LogP contribution is 2.26. The summed E-state index contributed by atoms with van der Waals surface area (Å²) in [6.45, 7) is 2.72. The van der Waals surface area contributed by atoms with E-state index in [4.69, 9.17) is 0 Å². The molecule has 7 heteroatoms. The molecule has 2 aromatic carbocycles. The third-order valence-electron chi connectivity index (χ3n) is 3.88. The minimum absolute atomic E-state index is 0.0342. The summed E-state index contributed by atoms with van der Waals surface area (Å²) in [5.74, 6) is -0.290. The summed E-state index contributed by atoms with van der Waals surface area (Å²) in [6, 6.07) is 15.0. The summed E-state index contributed by atoms with van der Waals surface area (Å²) >= 11 is 0. The van der Waals surface area contributed by atoms with Crippen molar-refractivity contribution in [3.05, 3.63) is 65.7 Å². The molecule has 2 N–H and O–H groups in total. The van der Waals surface area contributed by atoms with Gasteiger partial charge in [0, 0.05) is 17.8 Å². The topological polar surface area (TPSA) is 75.3 Å². The third-order valence-corrected chi connectivity index (χ3v) is 5.41. The lowest BCUT2D eigenvalue weighted by Gasteiger charge is -2.21. The van der Waals surface area contributed by atoms with E-state index in [0.29, 0.717) is 23.2 Å². The summed E-state index contributed by atoms with van der Waals surface area (Å²) in [5, 5.41) is 2.74. The smallest absolute Gasteiger partial charge is 0.255 e. The van der Waals surface area contributed by atoms with Gasteiger partial charge in [-0.25, -0.2) is 17.5 Å². The van der Waals surface area contributed by atoms with Gasteiger partial charge in [-0.15, -0.1) is 0 Å². The zero-order valence-electron chi connectivity index (χ0n) is 14.8. The molecular formula is C19H23FN2O3S. The first-order valence-electron chi connectivity index (χ1n) is 8.37. The van der Waals surface area contributed by atoms with Crippen LogP contribution in [-0.2, 0) is 15.7 Å². The number of carbonyl (C=O) groups excluding carboxylic acids is 1. The fourth-order valence-electron chi connectivity index (χ4n) is 2.38. The van der Waals surface area contributed by atoms with Crippen LogP contribution < -0.4 is 10.0 Å². The number of hydrogen-bond donors (Lipinski definition) is 2. The van der Waals surface area contributed by atoms with Gasteiger partial charge in [-0.05, 0) is 43.2 Å². The minimum atomic E-state index is -3.47. The average molecular weight is 378 g/mol. The van der Waals surface area contributed by atoms with Crippen LogP contribution in [0.2, 0.25) is 0 Å². The fraction of sp³-hybridized carbons (Fsp3) is 0.316. The molecule has 26 heavy (non-hydrogen) atoms. The molecule has 0 saturated heterocycles. The highest BCUT2D eigenvalue weighted by Gasteiger charge is 2.27. The molecule has 2 rings (SSSR count). The summed E-state index contributed by atoms with van der Waals surface area (Å²) < 4.78 is 40.5. The lowest BCUT2D eigenvalue weighted by Crippen LogP contribution is -2.36. The number of amides is 1. The van der Waals surface area contributed by atoms with Gasteiger partial charge in [0.2, 0.25) is 10.0 Å². The summed E-state index contributed by atoms with van der Waals surface area (Å²) in [5.41, 5.74) is -0.473. The molecule has 0 aliphatic carbocycles. The Hall–Kier alpha value is -2.25. The van der Waals surface area contributed by atoms with E-state index in [1.165, 1.54) is 19.1 Å². The Morgan fingerprint density at radius 2 is 1.69 bits per heavy atom. The molecule has 0 aliphatic rings. The predicted molar refractivity (Wildman–Crippen MR) is 101 cm³/mol. The molecule has 2 aromatic rings. The second kappa shape index (κ2) is 8.42. The third kappa shape index (κ3) is 5.64. The SMILES string of the molecule is CCCS(=O)(=O)NCC(C)(F)c1ccc(NC(=O)c2ccccc2)cc1. The van der Waals surface area contributed by atoms with Crippen LogP contribution in [0.15, 0.2) is 54.6 Å². The molecule has 5 nitrogen and oxygen atoms in total. The van der Waals surface area contributed by atoms with Crippen molar-refractivity contribution in [2.24, 2.45) is 0 Å². The largest absolute Gasteiger partial charge is 0.322 e. The van der Waals surface area contributed by atoms with E-state index in [0.717, 1.165) is 0 Å². The lowest BCUT2D eigenvalue weighted by atomic mass is 9.98. The van der Waals surface area contributed by atoms with Crippen molar-refractivity contribution in [3.63, 3.8) is 0 Å². The Balaban J connectivity index is 2.02. The van der Waals surface area contributed by atoms with Crippen molar-refractivity contribution in [1.82, 2.24) is 4.72 Å². The normalized spacial score (nSPS) is 13.8. The van der Waals surface area contributed by atoms with Gasteiger partial charge in [-0.3, -0.25) is 4.79 Å². The molecule has 0 fully saturated rings. The number of alkyl halides is 1. The maximum atomic E-state index is 14.8. The zero-order chi connectivity index (χ0) is 19.2. The van der Waals surface area contributed by atoms with Gasteiger partial charge >= 0.3 is 0 Å². The summed E-state index contributed by atoms with van der Waals surface area (Å²) in [7, 11) is -3.47. The zero-order valence-corrected chi connectivity index (χ0v) is 15.6. The number of halogens is 1. The van der Waals surface area contributed by atoms with Crippen LogP contribution in [0, 0.1) is 0 Å². The van der Waals surface area contributed by atoms with E-state index in [9.17, 15) is 17.6 Å². The van der Waals surface area contributed by atoms with Crippen molar-refractivity contribution in [2.75, 3.05) is 17.6 Å². The molecule has 0 radical (unpaired) electrons. The van der Waals surface area contributed by atoms with Gasteiger partial charge in [0.25, 0.3) is 5.91 Å². The van der Waals surface area contributed by atoms with Gasteiger partial charge in [0.1, 0.15) is 5.67 Å². The van der Waals surface area contributed by atoms with E-state index in [1.54, 1.807) is 43.3 Å². The van der Waals surface area contributed by atoms with E-state index in [2.05, 4.69) is 10.0 Å². The minimum Gasteiger partial charge on any atom is -0.322 e. The van der Waals surface area contributed by atoms with E-state index < -0.39 is 15.7 Å². The molecule has 0 saturated carbocycles. The molecule has 0 spiro atoms. The van der Waals surface area contributed by atoms with Crippen molar-refractivity contribution in [2.45, 2.75) is 25.9 Å². The van der Waals surface area contributed by atoms with Crippen molar-refractivity contribution < 1.29 is 17.6 Å². The number of hydrogen-bond acceptors (Lipinski definition) is 3. The number of benzene rings is 2. The first-order chi connectivity index (χ1) is 12.2. The Bertz CT molecular complexity index is 835. The molecule has 1 atom stereocenters. The molecule has 1 amide bonds. The molecule has 0 bridgehead atoms. The van der Waals surface area contributed by atoms with Crippen molar-refractivity contribution >= 4 is 21.6 Å². The lowest BCUT2D eigenvalue weighted by molar-refractivity contribution is 0.102. The van der Waals surface area contributed by atoms with E-state index >= 15 is 0 Å². The second-order valence-electron chi connectivity index (χ2n) is 6.23. The maximum Gasteiger partial charge on any atom is 0.255 e. The number of carbonyl (C=O) groups is 1. The van der Waals surface area contributed by atoms with Gasteiger partial charge < -0.3 is 5.32 Å². The van der Waals surface area contributed by atoms with Crippen LogP contribution in [0.5, 0.6) is 0 Å². The van der Waals surface area contributed by atoms with E-state index in [-0.39, 0.29) is 18.2 Å². The van der Waals surface area contributed by atoms with Crippen molar-refractivity contribution in [1.29, 1.82) is 0 Å². The molecule has 1 unspecified atom stereocenters. The number of rotatable bonds is 8. The van der Waals surface area contributed by atoms with Crippen LogP contribution in [0.3, 0.4) is 0 Å². The Morgan fingerprint density at radius 1 is 1.08 bits per heavy atom. The van der Waals surface area contributed by atoms with Crippen LogP contribution in [0.4, 0.5) is 10.1 Å². The first kappa shape index (κ1) is 20.1. The standard InChI is InChI=1S/C19H23FN2O3S/c1-3-13-26(24,25)21-14-19(2,20)16-9-11-17(12-10-16)22-18(23)15-7-5-4-6-8-15/h4-12,21H,3,13-14H2,1-2H3,(H,22,23). The monoisotopic (exact) mass is 378 g/mol. The summed E-state index contributed by atoms with van der Waals surface area (Å²) in [4.78, 5) is 12.1. The number of sulfonamides is 1. The molecule has 0 aliphatic heterocycles. The molecule has 0 heterocycles. The van der Waals surface area contributed by atoms with Gasteiger partial charge in [0.05, 0.1) is 5.75 Å². The quantitative estimate of drug-likeness (QED) is 0.739. The predicted octanol–water partition coefficient (Wildman–Crippen LogP) is 3.45. The van der Waals surface area contributed by atoms with Crippen LogP contribution in [-0.4, -0.2) is 26.6 Å². The van der Waals surface area contributed by atoms with Gasteiger partial charge in [0.15, 0.2) is 0 Å². The Morgan fingerprint density at radius 3 is 2.27 bits per heavy atom. The van der Waals surface area contributed by atoms with E-state index in [1.807, 2.05) is 6.07 Å². The molecule has 0 aromatic heterocycles. The second-order valence-corrected chi connectivity index (χ2v) is 8.16. The average Bonchev–Trinajstić information content (AvgIpc) is 2.61. The Labute approximate surface area is 153 Å².